The summed E-state index contributed by atoms with van der Waals surface area (Å²) in [7, 11) is 2.97. The predicted molar refractivity (Wildman–Crippen MR) is 111 cm³/mol. The first kappa shape index (κ1) is 18.8. The van der Waals surface area contributed by atoms with Gasteiger partial charge in [0, 0.05) is 48.7 Å². The highest BCUT2D eigenvalue weighted by molar-refractivity contribution is 9.10. The van der Waals surface area contributed by atoms with Gasteiger partial charge in [0.15, 0.2) is 0 Å². The van der Waals surface area contributed by atoms with Crippen molar-refractivity contribution in [2.75, 3.05) is 0 Å². The van der Waals surface area contributed by atoms with Crippen molar-refractivity contribution < 1.29 is 4.92 Å². The number of aryl methyl sites for hydroxylation is 1. The molecule has 146 valence electrons. The van der Waals surface area contributed by atoms with Crippen LogP contribution in [0.3, 0.4) is 0 Å². The van der Waals surface area contributed by atoms with E-state index in [0.29, 0.717) is 27.1 Å². The van der Waals surface area contributed by atoms with E-state index in [4.69, 9.17) is 0 Å². The molecule has 0 saturated heterocycles. The van der Waals surface area contributed by atoms with Crippen molar-refractivity contribution in [1.29, 1.82) is 0 Å². The third-order valence-corrected chi connectivity index (χ3v) is 5.44. The number of nitro benzene ring substituents is 1. The molecular formula is C19H14BrN5O4. The molecule has 0 aliphatic carbocycles. The summed E-state index contributed by atoms with van der Waals surface area (Å²) < 4.78 is 4.61. The zero-order chi connectivity index (χ0) is 20.9. The van der Waals surface area contributed by atoms with Gasteiger partial charge in [-0.2, -0.15) is 0 Å². The minimum absolute atomic E-state index is 0.119. The van der Waals surface area contributed by atoms with Gasteiger partial charge in [0.05, 0.1) is 21.5 Å². The molecule has 0 bridgehead atoms. The van der Waals surface area contributed by atoms with Gasteiger partial charge in [0.1, 0.15) is 5.82 Å². The maximum Gasteiger partial charge on any atom is 0.330 e. The molecule has 0 aliphatic heterocycles. The Morgan fingerprint density at radius 1 is 1.10 bits per heavy atom. The van der Waals surface area contributed by atoms with Crippen molar-refractivity contribution in [2.24, 2.45) is 14.1 Å². The Hall–Kier alpha value is -3.53. The van der Waals surface area contributed by atoms with Gasteiger partial charge >= 0.3 is 5.69 Å². The minimum atomic E-state index is -0.500. The number of hydrogen-bond donors (Lipinski definition) is 0. The van der Waals surface area contributed by atoms with E-state index in [-0.39, 0.29) is 11.1 Å². The van der Waals surface area contributed by atoms with Crippen molar-refractivity contribution in [3.8, 4) is 17.1 Å². The number of rotatable bonds is 3. The molecule has 0 saturated carbocycles. The number of fused-ring (bicyclic) bond motifs is 1. The van der Waals surface area contributed by atoms with Gasteiger partial charge in [-0.1, -0.05) is 22.0 Å². The molecule has 0 fully saturated rings. The summed E-state index contributed by atoms with van der Waals surface area (Å²) in [5, 5.41) is 11.6. The summed E-state index contributed by atoms with van der Waals surface area (Å²) in [4.78, 5) is 40.6. The molecule has 0 amide bonds. The average Bonchev–Trinajstić information content (AvgIpc) is 3.12. The lowest BCUT2D eigenvalue weighted by atomic mass is 10.1. The second-order valence-corrected chi connectivity index (χ2v) is 7.28. The van der Waals surface area contributed by atoms with Crippen LogP contribution in [0.2, 0.25) is 0 Å². The van der Waals surface area contributed by atoms with E-state index < -0.39 is 16.2 Å². The molecule has 9 nitrogen and oxygen atoms in total. The van der Waals surface area contributed by atoms with Crippen LogP contribution in [0.15, 0.2) is 62.9 Å². The van der Waals surface area contributed by atoms with Crippen molar-refractivity contribution in [3.05, 3.63) is 84.2 Å². The first-order valence-corrected chi connectivity index (χ1v) is 9.27. The molecule has 1 aromatic carbocycles. The number of benzene rings is 1. The van der Waals surface area contributed by atoms with Crippen LogP contribution in [0.5, 0.6) is 0 Å². The Balaban J connectivity index is 2.24. The zero-order valence-electron chi connectivity index (χ0n) is 15.4. The van der Waals surface area contributed by atoms with E-state index in [1.807, 2.05) is 0 Å². The lowest BCUT2D eigenvalue weighted by Gasteiger charge is -2.11. The van der Waals surface area contributed by atoms with Crippen LogP contribution in [0.4, 0.5) is 5.69 Å². The molecule has 0 radical (unpaired) electrons. The van der Waals surface area contributed by atoms with Crippen LogP contribution in [-0.2, 0) is 14.1 Å². The van der Waals surface area contributed by atoms with E-state index in [1.165, 1.54) is 23.7 Å². The minimum Gasteiger partial charge on any atom is -0.298 e. The number of aromatic nitrogens is 4. The summed E-state index contributed by atoms with van der Waals surface area (Å²) in [6.45, 7) is 0. The van der Waals surface area contributed by atoms with Gasteiger partial charge in [-0.25, -0.2) is 9.78 Å². The van der Waals surface area contributed by atoms with E-state index in [0.717, 1.165) is 4.57 Å². The summed E-state index contributed by atoms with van der Waals surface area (Å²) in [5.74, 6) is 0.506. The predicted octanol–water partition coefficient (Wildman–Crippen LogP) is 2.76. The van der Waals surface area contributed by atoms with Crippen molar-refractivity contribution in [2.45, 2.75) is 0 Å². The Kier molecular flexibility index (Phi) is 4.42. The molecule has 0 spiro atoms. The van der Waals surface area contributed by atoms with Crippen molar-refractivity contribution in [1.82, 2.24) is 18.7 Å². The van der Waals surface area contributed by atoms with E-state index in [2.05, 4.69) is 20.9 Å². The number of pyridine rings is 1. The van der Waals surface area contributed by atoms with E-state index in [1.54, 1.807) is 48.3 Å². The summed E-state index contributed by atoms with van der Waals surface area (Å²) in [6, 6.07) is 9.61. The molecule has 10 heteroatoms. The Morgan fingerprint density at radius 3 is 2.52 bits per heavy atom. The van der Waals surface area contributed by atoms with Gasteiger partial charge in [0.2, 0.25) is 0 Å². The monoisotopic (exact) mass is 455 g/mol. The SMILES string of the molecule is Cn1c(=O)c2c(-c3cc([N+](=O)[O-])ccc3Br)n(-c3ccccn3)cc2n(C)c1=O. The van der Waals surface area contributed by atoms with Crippen molar-refractivity contribution >= 4 is 32.5 Å². The van der Waals surface area contributed by atoms with Crippen LogP contribution in [0.1, 0.15) is 0 Å². The quantitative estimate of drug-likeness (QED) is 0.348. The van der Waals surface area contributed by atoms with Crippen LogP contribution < -0.4 is 11.2 Å². The standard InChI is InChI=1S/C19H14BrN5O4/c1-22-14-10-24(15-5-3-4-8-21-15)17(16(14)18(26)23(2)19(22)27)12-9-11(25(28)29)6-7-13(12)20/h3-10H,1-2H3. The van der Waals surface area contributed by atoms with Gasteiger partial charge in [-0.05, 0) is 18.2 Å². The fourth-order valence-electron chi connectivity index (χ4n) is 3.29. The molecule has 0 aliphatic rings. The van der Waals surface area contributed by atoms with Crippen LogP contribution in [0.25, 0.3) is 28.0 Å². The maximum absolute atomic E-state index is 13.0. The highest BCUT2D eigenvalue weighted by Gasteiger charge is 2.23. The van der Waals surface area contributed by atoms with Gasteiger partial charge < -0.3 is 0 Å². The van der Waals surface area contributed by atoms with Gasteiger partial charge in [-0.3, -0.25) is 28.6 Å². The van der Waals surface area contributed by atoms with Crippen LogP contribution >= 0.6 is 15.9 Å². The fraction of sp³-hybridized carbons (Fsp3) is 0.105. The number of halogens is 1. The molecular weight excluding hydrogens is 442 g/mol. The Labute approximate surface area is 171 Å². The van der Waals surface area contributed by atoms with E-state index in [9.17, 15) is 19.7 Å². The lowest BCUT2D eigenvalue weighted by molar-refractivity contribution is -0.384. The normalized spacial score (nSPS) is 11.1. The maximum atomic E-state index is 13.0. The molecule has 3 aromatic heterocycles. The average molecular weight is 456 g/mol. The molecule has 29 heavy (non-hydrogen) atoms. The number of non-ortho nitro benzene ring substituents is 1. The summed E-state index contributed by atoms with van der Waals surface area (Å²) in [6.07, 6.45) is 3.24. The molecule has 0 N–H and O–H groups in total. The second kappa shape index (κ2) is 6.82. The van der Waals surface area contributed by atoms with Crippen molar-refractivity contribution in [3.63, 3.8) is 0 Å². The molecule has 0 unspecified atom stereocenters. The lowest BCUT2D eigenvalue weighted by Crippen LogP contribution is -2.36. The number of nitro groups is 1. The molecule has 4 rings (SSSR count). The third kappa shape index (κ3) is 2.88. The first-order chi connectivity index (χ1) is 13.8. The topological polar surface area (TPSA) is 105 Å². The summed E-state index contributed by atoms with van der Waals surface area (Å²) >= 11 is 3.44. The number of hydrogen-bond acceptors (Lipinski definition) is 5. The smallest absolute Gasteiger partial charge is 0.298 e. The van der Waals surface area contributed by atoms with Gasteiger partial charge in [0.25, 0.3) is 11.2 Å². The Morgan fingerprint density at radius 2 is 1.86 bits per heavy atom. The van der Waals surface area contributed by atoms with E-state index >= 15 is 0 Å². The number of nitrogens with zero attached hydrogens (tertiary/aromatic N) is 5. The third-order valence-electron chi connectivity index (χ3n) is 4.75. The molecule has 0 atom stereocenters. The van der Waals surface area contributed by atoms with Gasteiger partial charge in [-0.15, -0.1) is 0 Å². The molecule has 3 heterocycles. The molecule has 4 aromatic rings. The summed E-state index contributed by atoms with van der Waals surface area (Å²) in [5.41, 5.74) is 0.168. The largest absolute Gasteiger partial charge is 0.330 e. The fourth-order valence-corrected chi connectivity index (χ4v) is 3.72. The highest BCUT2D eigenvalue weighted by Crippen LogP contribution is 2.37. The highest BCUT2D eigenvalue weighted by atomic mass is 79.9. The van der Waals surface area contributed by atoms with Crippen LogP contribution in [-0.4, -0.2) is 23.6 Å². The second-order valence-electron chi connectivity index (χ2n) is 6.42. The van der Waals surface area contributed by atoms with Crippen LogP contribution in [0, 0.1) is 10.1 Å². The first-order valence-electron chi connectivity index (χ1n) is 8.48. The zero-order valence-corrected chi connectivity index (χ0v) is 17.0. The Bertz CT molecular complexity index is 1400.